The Morgan fingerprint density at radius 2 is 2.22 bits per heavy atom. The molecule has 0 bridgehead atoms. The maximum absolute atomic E-state index is 11.7. The van der Waals surface area contributed by atoms with E-state index in [4.69, 9.17) is 11.6 Å². The molecule has 2 aromatic rings. The van der Waals surface area contributed by atoms with Gasteiger partial charge in [-0.05, 0) is 12.1 Å². The van der Waals surface area contributed by atoms with E-state index < -0.39 is 0 Å². The Bertz CT molecular complexity index is 538. The molecule has 0 aliphatic carbocycles. The topological polar surface area (TPSA) is 85.6 Å². The van der Waals surface area contributed by atoms with Gasteiger partial charge in [-0.1, -0.05) is 11.6 Å². The van der Waals surface area contributed by atoms with Gasteiger partial charge < -0.3 is 9.88 Å². The molecule has 1 N–H and O–H groups in total. The van der Waals surface area contributed by atoms with Gasteiger partial charge in [0.05, 0.1) is 0 Å². The molecule has 1 amide bonds. The van der Waals surface area contributed by atoms with Crippen LogP contribution in [0.3, 0.4) is 0 Å². The Hall–Kier alpha value is -2.02. The molecule has 8 heteroatoms. The van der Waals surface area contributed by atoms with Gasteiger partial charge in [-0.2, -0.15) is 0 Å². The lowest BCUT2D eigenvalue weighted by atomic mass is 10.3. The quantitative estimate of drug-likeness (QED) is 0.856. The first-order chi connectivity index (χ1) is 8.66. The predicted molar refractivity (Wildman–Crippen MR) is 64.1 cm³/mol. The van der Waals surface area contributed by atoms with Crippen LogP contribution in [0.4, 0.5) is 0 Å². The number of aryl methyl sites for hydroxylation is 1. The molecule has 2 heterocycles. The zero-order valence-corrected chi connectivity index (χ0v) is 10.4. The fourth-order valence-corrected chi connectivity index (χ4v) is 1.45. The van der Waals surface area contributed by atoms with Crippen LogP contribution in [0, 0.1) is 0 Å². The van der Waals surface area contributed by atoms with Gasteiger partial charge in [0.25, 0.3) is 5.91 Å². The molecule has 0 aliphatic heterocycles. The van der Waals surface area contributed by atoms with Crippen LogP contribution in [0.15, 0.2) is 18.5 Å². The highest BCUT2D eigenvalue weighted by atomic mass is 35.5. The Balaban J connectivity index is 1.85. The third kappa shape index (κ3) is 3.01. The average molecular weight is 267 g/mol. The van der Waals surface area contributed by atoms with Crippen LogP contribution in [0.1, 0.15) is 16.3 Å². The predicted octanol–water partition coefficient (Wildman–Crippen LogP) is 0.231. The third-order valence-corrected chi connectivity index (χ3v) is 2.51. The van der Waals surface area contributed by atoms with Gasteiger partial charge in [0, 0.05) is 20.0 Å². The van der Waals surface area contributed by atoms with Gasteiger partial charge in [0.15, 0.2) is 10.8 Å². The lowest BCUT2D eigenvalue weighted by Crippen LogP contribution is -2.27. The van der Waals surface area contributed by atoms with Crippen molar-refractivity contribution in [1.82, 2.24) is 30.3 Å². The molecule has 94 valence electrons. The van der Waals surface area contributed by atoms with Crippen molar-refractivity contribution >= 4 is 17.5 Å². The minimum absolute atomic E-state index is 0.234. The second-order valence-electron chi connectivity index (χ2n) is 3.61. The number of halogens is 1. The summed E-state index contributed by atoms with van der Waals surface area (Å²) < 4.78 is 1.80. The minimum Gasteiger partial charge on any atom is -0.350 e. The summed E-state index contributed by atoms with van der Waals surface area (Å²) >= 11 is 5.58. The number of hydrogen-bond acceptors (Lipinski definition) is 5. The van der Waals surface area contributed by atoms with Crippen molar-refractivity contribution in [1.29, 1.82) is 0 Å². The van der Waals surface area contributed by atoms with Gasteiger partial charge in [0.2, 0.25) is 0 Å². The van der Waals surface area contributed by atoms with Crippen LogP contribution >= 0.6 is 11.6 Å². The van der Waals surface area contributed by atoms with Crippen LogP contribution < -0.4 is 5.32 Å². The first-order valence-electron chi connectivity index (χ1n) is 5.27. The van der Waals surface area contributed by atoms with Gasteiger partial charge in [-0.25, -0.2) is 0 Å². The lowest BCUT2D eigenvalue weighted by Gasteiger charge is -2.03. The van der Waals surface area contributed by atoms with Crippen molar-refractivity contribution in [3.63, 3.8) is 0 Å². The Morgan fingerprint density at radius 3 is 2.83 bits per heavy atom. The summed E-state index contributed by atoms with van der Waals surface area (Å²) in [7, 11) is 1.85. The molecule has 2 aromatic heterocycles. The number of carbonyl (C=O) groups excluding carboxylic acids is 1. The first kappa shape index (κ1) is 12.4. The number of amides is 1. The van der Waals surface area contributed by atoms with E-state index in [0.29, 0.717) is 13.0 Å². The largest absolute Gasteiger partial charge is 0.350 e. The second kappa shape index (κ2) is 5.54. The number of hydrogen-bond donors (Lipinski definition) is 1. The molecule has 0 radical (unpaired) electrons. The maximum atomic E-state index is 11.7. The SMILES string of the molecule is Cn1cnnc1CCNC(=O)c1ccc(Cl)nn1. The molecule has 18 heavy (non-hydrogen) atoms. The normalized spacial score (nSPS) is 10.3. The van der Waals surface area contributed by atoms with E-state index in [-0.39, 0.29) is 16.8 Å². The van der Waals surface area contributed by atoms with E-state index in [1.54, 1.807) is 10.9 Å². The fourth-order valence-electron chi connectivity index (χ4n) is 1.35. The van der Waals surface area contributed by atoms with Crippen LogP contribution in [0.5, 0.6) is 0 Å². The Labute approximate surface area is 108 Å². The van der Waals surface area contributed by atoms with Gasteiger partial charge >= 0.3 is 0 Å². The standard InChI is InChI=1S/C10H11ClN6O/c1-17-6-13-16-9(17)4-5-12-10(18)7-2-3-8(11)15-14-7/h2-3,6H,4-5H2,1H3,(H,12,18). The van der Waals surface area contributed by atoms with E-state index >= 15 is 0 Å². The first-order valence-corrected chi connectivity index (χ1v) is 5.65. The van der Waals surface area contributed by atoms with Gasteiger partial charge in [-0.15, -0.1) is 20.4 Å². The van der Waals surface area contributed by atoms with Crippen molar-refractivity contribution in [3.8, 4) is 0 Å². The summed E-state index contributed by atoms with van der Waals surface area (Å²) in [5.41, 5.74) is 0.234. The molecule has 0 spiro atoms. The van der Waals surface area contributed by atoms with Crippen molar-refractivity contribution in [2.45, 2.75) is 6.42 Å². The highest BCUT2D eigenvalue weighted by molar-refractivity contribution is 6.29. The molecular weight excluding hydrogens is 256 g/mol. The van der Waals surface area contributed by atoms with Crippen molar-refractivity contribution in [2.24, 2.45) is 7.05 Å². The molecule has 0 atom stereocenters. The molecule has 0 unspecified atom stereocenters. The molecule has 7 nitrogen and oxygen atoms in total. The number of rotatable bonds is 4. The number of nitrogens with zero attached hydrogens (tertiary/aromatic N) is 5. The number of carbonyl (C=O) groups is 1. The molecule has 2 rings (SSSR count). The zero-order valence-electron chi connectivity index (χ0n) is 9.67. The van der Waals surface area contributed by atoms with Gasteiger partial charge in [-0.3, -0.25) is 4.79 Å². The highest BCUT2D eigenvalue weighted by Gasteiger charge is 2.08. The van der Waals surface area contributed by atoms with E-state index in [0.717, 1.165) is 5.82 Å². The monoisotopic (exact) mass is 266 g/mol. The van der Waals surface area contributed by atoms with E-state index in [1.807, 2.05) is 7.05 Å². The fraction of sp³-hybridized carbons (Fsp3) is 0.300. The smallest absolute Gasteiger partial charge is 0.271 e. The molecular formula is C10H11ClN6O. The summed E-state index contributed by atoms with van der Waals surface area (Å²) in [5.74, 6) is 0.513. The minimum atomic E-state index is -0.290. The second-order valence-corrected chi connectivity index (χ2v) is 3.99. The molecule has 0 saturated heterocycles. The van der Waals surface area contributed by atoms with Crippen molar-refractivity contribution < 1.29 is 4.79 Å². The molecule has 0 aromatic carbocycles. The average Bonchev–Trinajstić information content (AvgIpc) is 2.76. The van der Waals surface area contributed by atoms with E-state index in [2.05, 4.69) is 25.7 Å². The van der Waals surface area contributed by atoms with Crippen LogP contribution in [0.2, 0.25) is 5.15 Å². The summed E-state index contributed by atoms with van der Waals surface area (Å²) in [6, 6.07) is 3.04. The van der Waals surface area contributed by atoms with E-state index in [1.165, 1.54) is 12.1 Å². The third-order valence-electron chi connectivity index (χ3n) is 2.30. The molecule has 0 saturated carbocycles. The summed E-state index contributed by atoms with van der Waals surface area (Å²) in [4.78, 5) is 11.7. The van der Waals surface area contributed by atoms with Gasteiger partial charge in [0.1, 0.15) is 12.2 Å². The number of aromatic nitrogens is 5. The van der Waals surface area contributed by atoms with Crippen molar-refractivity contribution in [2.75, 3.05) is 6.54 Å². The maximum Gasteiger partial charge on any atom is 0.271 e. The lowest BCUT2D eigenvalue weighted by molar-refractivity contribution is 0.0948. The molecule has 0 aliphatic rings. The summed E-state index contributed by atoms with van der Waals surface area (Å²) in [6.45, 7) is 0.454. The summed E-state index contributed by atoms with van der Waals surface area (Å²) in [5, 5.41) is 17.9. The Morgan fingerprint density at radius 1 is 1.39 bits per heavy atom. The van der Waals surface area contributed by atoms with E-state index in [9.17, 15) is 4.79 Å². The van der Waals surface area contributed by atoms with Crippen molar-refractivity contribution in [3.05, 3.63) is 35.1 Å². The number of nitrogens with one attached hydrogen (secondary N) is 1. The summed E-state index contributed by atoms with van der Waals surface area (Å²) in [6.07, 6.45) is 2.21. The van der Waals surface area contributed by atoms with Crippen LogP contribution in [0.25, 0.3) is 0 Å². The molecule has 0 fully saturated rings. The van der Waals surface area contributed by atoms with Crippen LogP contribution in [-0.4, -0.2) is 37.4 Å². The van der Waals surface area contributed by atoms with Crippen LogP contribution in [-0.2, 0) is 13.5 Å². The Kier molecular flexibility index (Phi) is 3.83. The highest BCUT2D eigenvalue weighted by Crippen LogP contribution is 2.01. The zero-order chi connectivity index (χ0) is 13.0.